The van der Waals surface area contributed by atoms with Crippen LogP contribution in [0.25, 0.3) is 0 Å². The van der Waals surface area contributed by atoms with Crippen molar-refractivity contribution >= 4 is 23.2 Å². The summed E-state index contributed by atoms with van der Waals surface area (Å²) in [5.41, 5.74) is 0.668. The highest BCUT2D eigenvalue weighted by molar-refractivity contribution is 7.07. The summed E-state index contributed by atoms with van der Waals surface area (Å²) in [5, 5.41) is 16.7. The van der Waals surface area contributed by atoms with Gasteiger partial charge in [0.05, 0.1) is 24.7 Å². The van der Waals surface area contributed by atoms with Gasteiger partial charge in [-0.25, -0.2) is 0 Å². The normalized spacial score (nSPS) is 21.7. The number of carboxylic acids is 1. The van der Waals surface area contributed by atoms with Crippen LogP contribution in [-0.2, 0) is 35.3 Å². The number of carboxylic acid groups (broad SMARTS) is 1. The highest BCUT2D eigenvalue weighted by atomic mass is 32.1. The summed E-state index contributed by atoms with van der Waals surface area (Å²) in [6.45, 7) is 0.596. The third kappa shape index (κ3) is 4.78. The van der Waals surface area contributed by atoms with Crippen LogP contribution in [0.5, 0.6) is 0 Å². The van der Waals surface area contributed by atoms with E-state index in [1.807, 2.05) is 16.8 Å². The van der Waals surface area contributed by atoms with Crippen molar-refractivity contribution in [2.24, 2.45) is 11.8 Å². The molecule has 2 aliphatic rings. The molecule has 1 N–H and O–H groups in total. The average Bonchev–Trinajstić information content (AvgIpc) is 3.36. The topological polar surface area (TPSA) is 75.4 Å². The number of hydrogen-bond donors (Lipinski definition) is 1. The second-order valence-corrected chi connectivity index (χ2v) is 9.17. The second kappa shape index (κ2) is 8.64. The van der Waals surface area contributed by atoms with Crippen molar-refractivity contribution in [3.05, 3.63) is 39.3 Å². The lowest BCUT2D eigenvalue weighted by Crippen LogP contribution is -2.38. The van der Waals surface area contributed by atoms with Gasteiger partial charge in [-0.1, -0.05) is 0 Å². The van der Waals surface area contributed by atoms with E-state index in [4.69, 9.17) is 5.11 Å². The Morgan fingerprint density at radius 2 is 1.97 bits per heavy atom. The first-order chi connectivity index (χ1) is 14.7. The third-order valence-corrected chi connectivity index (χ3v) is 7.06. The van der Waals surface area contributed by atoms with Gasteiger partial charge in [0.25, 0.3) is 0 Å². The minimum absolute atomic E-state index is 0.0822. The number of hydrogen-bond acceptors (Lipinski definition) is 4. The molecule has 2 aromatic heterocycles. The number of carbonyl (C=O) groups is 2. The monoisotopic (exact) mass is 455 g/mol. The van der Waals surface area contributed by atoms with Gasteiger partial charge in [-0.3, -0.25) is 14.3 Å². The van der Waals surface area contributed by atoms with Crippen LogP contribution in [-0.4, -0.2) is 38.2 Å². The van der Waals surface area contributed by atoms with Gasteiger partial charge >= 0.3 is 12.1 Å². The molecule has 1 amide bonds. The Morgan fingerprint density at radius 3 is 2.58 bits per heavy atom. The molecule has 1 aliphatic carbocycles. The van der Waals surface area contributed by atoms with Crippen molar-refractivity contribution in [3.8, 4) is 0 Å². The first kappa shape index (κ1) is 21.9. The zero-order valence-electron chi connectivity index (χ0n) is 16.9. The molecule has 1 saturated carbocycles. The molecular weight excluding hydrogens is 431 g/mol. The summed E-state index contributed by atoms with van der Waals surface area (Å²) in [7, 11) is 0. The van der Waals surface area contributed by atoms with Crippen LogP contribution < -0.4 is 0 Å². The molecule has 0 spiro atoms. The molecule has 168 valence electrons. The Balaban J connectivity index is 1.47. The van der Waals surface area contributed by atoms with Crippen molar-refractivity contribution in [1.82, 2.24) is 14.7 Å². The Labute approximate surface area is 181 Å². The van der Waals surface area contributed by atoms with Crippen LogP contribution in [0.15, 0.2) is 16.8 Å². The molecule has 0 unspecified atom stereocenters. The predicted octanol–water partition coefficient (Wildman–Crippen LogP) is 4.18. The number of fused-ring (bicyclic) bond motifs is 1. The molecule has 0 saturated heterocycles. The van der Waals surface area contributed by atoms with Gasteiger partial charge in [-0.05, 0) is 60.4 Å². The van der Waals surface area contributed by atoms with E-state index in [1.165, 1.54) is 16.0 Å². The van der Waals surface area contributed by atoms with Gasteiger partial charge in [-0.2, -0.15) is 29.6 Å². The summed E-state index contributed by atoms with van der Waals surface area (Å²) in [6, 6.07) is 1.85. The minimum atomic E-state index is -4.53. The van der Waals surface area contributed by atoms with Crippen molar-refractivity contribution < 1.29 is 27.9 Å². The number of thiophene rings is 1. The van der Waals surface area contributed by atoms with E-state index < -0.39 is 17.8 Å². The van der Waals surface area contributed by atoms with Crippen molar-refractivity contribution in [2.75, 3.05) is 6.54 Å². The molecule has 6 nitrogen and oxygen atoms in total. The lowest BCUT2D eigenvalue weighted by Gasteiger charge is -2.31. The van der Waals surface area contributed by atoms with E-state index >= 15 is 0 Å². The number of amides is 1. The summed E-state index contributed by atoms with van der Waals surface area (Å²) >= 11 is 1.47. The first-order valence-electron chi connectivity index (χ1n) is 10.4. The van der Waals surface area contributed by atoms with Crippen LogP contribution in [0.2, 0.25) is 0 Å². The highest BCUT2D eigenvalue weighted by Gasteiger charge is 2.41. The van der Waals surface area contributed by atoms with E-state index in [1.54, 1.807) is 4.90 Å². The van der Waals surface area contributed by atoms with E-state index in [9.17, 15) is 22.8 Å². The van der Waals surface area contributed by atoms with Crippen LogP contribution in [0.1, 0.15) is 54.6 Å². The largest absolute Gasteiger partial charge is 0.481 e. The van der Waals surface area contributed by atoms with Crippen molar-refractivity contribution in [3.63, 3.8) is 0 Å². The van der Waals surface area contributed by atoms with Crippen LogP contribution in [0.4, 0.5) is 13.2 Å². The van der Waals surface area contributed by atoms with Gasteiger partial charge in [0, 0.05) is 18.5 Å². The van der Waals surface area contributed by atoms with Crippen LogP contribution >= 0.6 is 11.3 Å². The van der Waals surface area contributed by atoms with E-state index in [0.717, 1.165) is 5.56 Å². The van der Waals surface area contributed by atoms with Gasteiger partial charge in [-0.15, -0.1) is 0 Å². The maximum Gasteiger partial charge on any atom is 0.435 e. The Bertz CT molecular complexity index is 947. The standard InChI is InChI=1S/C21H24F3N3O3S/c22-21(23,24)19-16-5-7-26(11-17(16)27(25-19)10-14-6-8-31-12-14)18(28)9-13-1-3-15(4-2-13)20(29)30/h6,8,12-13,15H,1-5,7,9-11H2,(H,29,30). The fourth-order valence-electron chi connectivity index (χ4n) is 4.60. The maximum absolute atomic E-state index is 13.5. The molecular formula is C21H24F3N3O3S. The van der Waals surface area contributed by atoms with Crippen LogP contribution in [0.3, 0.4) is 0 Å². The summed E-state index contributed by atoms with van der Waals surface area (Å²) in [5.74, 6) is -1.07. The van der Waals surface area contributed by atoms with E-state index in [2.05, 4.69) is 5.10 Å². The molecule has 10 heteroatoms. The van der Waals surface area contributed by atoms with Gasteiger partial charge in [0.15, 0.2) is 5.69 Å². The fourth-order valence-corrected chi connectivity index (χ4v) is 5.26. The molecule has 4 rings (SSSR count). The number of nitrogens with zero attached hydrogens (tertiary/aromatic N) is 3. The lowest BCUT2D eigenvalue weighted by molar-refractivity contribution is -0.143. The quantitative estimate of drug-likeness (QED) is 0.734. The van der Waals surface area contributed by atoms with Gasteiger partial charge < -0.3 is 10.0 Å². The lowest BCUT2D eigenvalue weighted by atomic mass is 9.80. The number of rotatable bonds is 5. The molecule has 2 aromatic rings. The Hall–Kier alpha value is -2.36. The molecule has 31 heavy (non-hydrogen) atoms. The molecule has 0 radical (unpaired) electrons. The molecule has 1 fully saturated rings. The summed E-state index contributed by atoms with van der Waals surface area (Å²) in [6.07, 6.45) is -1.57. The Kier molecular flexibility index (Phi) is 6.09. The number of aromatic nitrogens is 2. The second-order valence-electron chi connectivity index (χ2n) is 8.39. The number of alkyl halides is 3. The van der Waals surface area contributed by atoms with Gasteiger partial charge in [0.1, 0.15) is 0 Å². The molecule has 0 bridgehead atoms. The number of aliphatic carboxylic acids is 1. The smallest absolute Gasteiger partial charge is 0.435 e. The van der Waals surface area contributed by atoms with Crippen molar-refractivity contribution in [2.45, 2.75) is 57.8 Å². The Morgan fingerprint density at radius 1 is 1.23 bits per heavy atom. The van der Waals surface area contributed by atoms with Gasteiger partial charge in [0.2, 0.25) is 5.91 Å². The fraction of sp³-hybridized carbons (Fsp3) is 0.571. The van der Waals surface area contributed by atoms with Crippen molar-refractivity contribution in [1.29, 1.82) is 0 Å². The molecule has 3 heterocycles. The number of carbonyl (C=O) groups excluding carboxylic acids is 1. The summed E-state index contributed by atoms with van der Waals surface area (Å²) < 4.78 is 42.0. The predicted molar refractivity (Wildman–Crippen MR) is 107 cm³/mol. The summed E-state index contributed by atoms with van der Waals surface area (Å²) in [4.78, 5) is 25.6. The molecule has 0 aromatic carbocycles. The zero-order chi connectivity index (χ0) is 22.2. The minimum Gasteiger partial charge on any atom is -0.481 e. The molecule has 0 atom stereocenters. The highest BCUT2D eigenvalue weighted by Crippen LogP contribution is 2.36. The molecule has 1 aliphatic heterocycles. The van der Waals surface area contributed by atoms with Crippen LogP contribution in [0, 0.1) is 11.8 Å². The number of halogens is 3. The maximum atomic E-state index is 13.5. The first-order valence-corrected chi connectivity index (χ1v) is 11.3. The third-order valence-electron chi connectivity index (χ3n) is 6.33. The SMILES string of the molecule is O=C(O)C1CCC(CC(=O)N2CCc3c(C(F)(F)F)nn(Cc4ccsc4)c3C2)CC1. The zero-order valence-corrected chi connectivity index (χ0v) is 17.7. The average molecular weight is 456 g/mol. The van der Waals surface area contributed by atoms with E-state index in [-0.39, 0.29) is 49.4 Å². The van der Waals surface area contributed by atoms with E-state index in [0.29, 0.717) is 37.8 Å².